The number of nitrogens with one attached hydrogen (secondary N) is 1. The van der Waals surface area contributed by atoms with Crippen LogP contribution in [0.25, 0.3) is 22.0 Å². The first-order valence-electron chi connectivity index (χ1n) is 11.9. The van der Waals surface area contributed by atoms with E-state index >= 15 is 0 Å². The van der Waals surface area contributed by atoms with Gasteiger partial charge in [-0.25, -0.2) is 0 Å². The quantitative estimate of drug-likeness (QED) is 0.616. The van der Waals surface area contributed by atoms with Gasteiger partial charge in [0.2, 0.25) is 0 Å². The lowest BCUT2D eigenvalue weighted by Crippen LogP contribution is -2.48. The fourth-order valence-electron chi connectivity index (χ4n) is 5.45. The number of methoxy groups -OCH3 is 1. The monoisotopic (exact) mass is 434 g/mol. The SMILES string of the molecule is COc1ccc2cc(-c3[nH]ncc3CN3CCC(N4CCCC(CO)C4)CC3)ccc2c1. The molecule has 1 aromatic heterocycles. The van der Waals surface area contributed by atoms with Crippen molar-refractivity contribution in [2.45, 2.75) is 38.3 Å². The summed E-state index contributed by atoms with van der Waals surface area (Å²) in [7, 11) is 1.70. The zero-order valence-electron chi connectivity index (χ0n) is 19.0. The van der Waals surface area contributed by atoms with E-state index in [1.165, 1.54) is 54.1 Å². The Labute approximate surface area is 190 Å². The highest BCUT2D eigenvalue weighted by Crippen LogP contribution is 2.29. The minimum Gasteiger partial charge on any atom is -0.497 e. The normalized spacial score (nSPS) is 21.2. The van der Waals surface area contributed by atoms with Crippen molar-refractivity contribution in [2.75, 3.05) is 39.9 Å². The predicted molar refractivity (Wildman–Crippen MR) is 128 cm³/mol. The van der Waals surface area contributed by atoms with Crippen molar-refractivity contribution < 1.29 is 9.84 Å². The second-order valence-corrected chi connectivity index (χ2v) is 9.39. The molecule has 2 fully saturated rings. The highest BCUT2D eigenvalue weighted by Gasteiger charge is 2.29. The van der Waals surface area contributed by atoms with Crippen LogP contribution < -0.4 is 4.74 Å². The minimum atomic E-state index is 0.334. The summed E-state index contributed by atoms with van der Waals surface area (Å²) >= 11 is 0. The summed E-state index contributed by atoms with van der Waals surface area (Å²) < 4.78 is 5.35. The molecule has 1 atom stereocenters. The van der Waals surface area contributed by atoms with Gasteiger partial charge in [0.1, 0.15) is 5.75 Å². The predicted octanol–water partition coefficient (Wildman–Crippen LogP) is 3.91. The van der Waals surface area contributed by atoms with E-state index in [9.17, 15) is 5.11 Å². The van der Waals surface area contributed by atoms with Crippen LogP contribution in [0.5, 0.6) is 5.75 Å². The largest absolute Gasteiger partial charge is 0.497 e. The van der Waals surface area contributed by atoms with Crippen molar-refractivity contribution in [1.82, 2.24) is 20.0 Å². The van der Waals surface area contributed by atoms with Gasteiger partial charge < -0.3 is 9.84 Å². The molecule has 0 amide bonds. The molecule has 2 aliphatic heterocycles. The first-order valence-corrected chi connectivity index (χ1v) is 11.9. The molecule has 2 aromatic carbocycles. The Morgan fingerprint density at radius 2 is 1.88 bits per heavy atom. The van der Waals surface area contributed by atoms with Gasteiger partial charge in [-0.1, -0.05) is 18.2 Å². The number of aromatic amines is 1. The van der Waals surface area contributed by atoms with Crippen LogP contribution in [-0.4, -0.2) is 71.0 Å². The highest BCUT2D eigenvalue weighted by atomic mass is 16.5. The van der Waals surface area contributed by atoms with Gasteiger partial charge in [0.25, 0.3) is 0 Å². The molecule has 2 aliphatic rings. The van der Waals surface area contributed by atoms with Crippen LogP contribution in [0.3, 0.4) is 0 Å². The zero-order valence-corrected chi connectivity index (χ0v) is 19.0. The van der Waals surface area contributed by atoms with E-state index in [2.05, 4.69) is 50.3 Å². The van der Waals surface area contributed by atoms with Gasteiger partial charge in [0.05, 0.1) is 19.0 Å². The van der Waals surface area contributed by atoms with E-state index in [0.29, 0.717) is 18.6 Å². The van der Waals surface area contributed by atoms with Crippen LogP contribution >= 0.6 is 0 Å². The lowest BCUT2D eigenvalue weighted by molar-refractivity contribution is 0.0526. The Kier molecular flexibility index (Phi) is 6.44. The van der Waals surface area contributed by atoms with Crippen molar-refractivity contribution in [3.63, 3.8) is 0 Å². The number of fused-ring (bicyclic) bond motifs is 1. The van der Waals surface area contributed by atoms with Gasteiger partial charge in [0.15, 0.2) is 0 Å². The molecule has 170 valence electrons. The van der Waals surface area contributed by atoms with Gasteiger partial charge in [-0.2, -0.15) is 5.10 Å². The maximum Gasteiger partial charge on any atom is 0.119 e. The van der Waals surface area contributed by atoms with Crippen LogP contribution in [0.4, 0.5) is 0 Å². The molecule has 6 heteroatoms. The first kappa shape index (κ1) is 21.4. The molecule has 5 rings (SSSR count). The molecular weight excluding hydrogens is 400 g/mol. The van der Waals surface area contributed by atoms with E-state index in [1.54, 1.807) is 7.11 Å². The first-order chi connectivity index (χ1) is 15.7. The molecule has 0 spiro atoms. The van der Waals surface area contributed by atoms with Crippen molar-refractivity contribution in [3.8, 4) is 17.0 Å². The number of H-pyrrole nitrogens is 1. The lowest BCUT2D eigenvalue weighted by atomic mass is 9.94. The molecule has 0 bridgehead atoms. The molecule has 0 aliphatic carbocycles. The number of hydrogen-bond acceptors (Lipinski definition) is 5. The van der Waals surface area contributed by atoms with Crippen LogP contribution in [0.1, 0.15) is 31.2 Å². The maximum absolute atomic E-state index is 9.55. The number of hydrogen-bond donors (Lipinski definition) is 2. The molecule has 32 heavy (non-hydrogen) atoms. The Balaban J connectivity index is 1.24. The summed E-state index contributed by atoms with van der Waals surface area (Å²) in [5.74, 6) is 1.35. The van der Waals surface area contributed by atoms with E-state index in [4.69, 9.17) is 4.74 Å². The summed E-state index contributed by atoms with van der Waals surface area (Å²) in [6.45, 7) is 5.77. The second kappa shape index (κ2) is 9.61. The third kappa shape index (κ3) is 4.53. The van der Waals surface area contributed by atoms with Gasteiger partial charge in [-0.15, -0.1) is 0 Å². The van der Waals surface area contributed by atoms with Crippen LogP contribution in [0, 0.1) is 5.92 Å². The van der Waals surface area contributed by atoms with Gasteiger partial charge in [-0.05, 0) is 80.2 Å². The number of aromatic nitrogens is 2. The molecule has 6 nitrogen and oxygen atoms in total. The molecule has 1 unspecified atom stereocenters. The number of likely N-dealkylation sites (tertiary alicyclic amines) is 2. The lowest BCUT2D eigenvalue weighted by Gasteiger charge is -2.42. The topological polar surface area (TPSA) is 64.6 Å². The molecular formula is C26H34N4O2. The van der Waals surface area contributed by atoms with Crippen molar-refractivity contribution in [2.24, 2.45) is 5.92 Å². The van der Waals surface area contributed by atoms with E-state index in [1.807, 2.05) is 12.3 Å². The van der Waals surface area contributed by atoms with E-state index in [0.717, 1.165) is 37.6 Å². The summed E-state index contributed by atoms with van der Waals surface area (Å²) in [5, 5.41) is 19.5. The molecule has 0 saturated carbocycles. The Hall–Kier alpha value is -2.41. The minimum absolute atomic E-state index is 0.334. The number of aliphatic hydroxyl groups is 1. The third-order valence-corrected chi connectivity index (χ3v) is 7.33. The summed E-state index contributed by atoms with van der Waals surface area (Å²) in [5.41, 5.74) is 3.55. The number of aliphatic hydroxyl groups excluding tert-OH is 1. The summed E-state index contributed by atoms with van der Waals surface area (Å²) in [6, 6.07) is 13.4. The summed E-state index contributed by atoms with van der Waals surface area (Å²) in [6.07, 6.45) is 6.81. The molecule has 3 aromatic rings. The highest BCUT2D eigenvalue weighted by molar-refractivity contribution is 5.88. The standard InChI is InChI=1S/C26H34N4O2/c1-32-25-7-6-20-13-22(5-4-21(20)14-25)26-23(15-27-28-26)17-29-11-8-24(9-12-29)30-10-2-3-19(16-30)18-31/h4-7,13-15,19,24,31H,2-3,8-12,16-18H2,1H3,(H,27,28). The van der Waals surface area contributed by atoms with Crippen molar-refractivity contribution in [3.05, 3.63) is 48.2 Å². The molecule has 2 N–H and O–H groups in total. The van der Waals surface area contributed by atoms with Crippen LogP contribution in [-0.2, 0) is 6.54 Å². The number of nitrogens with zero attached hydrogens (tertiary/aromatic N) is 3. The molecule has 2 saturated heterocycles. The fourth-order valence-corrected chi connectivity index (χ4v) is 5.45. The average molecular weight is 435 g/mol. The smallest absolute Gasteiger partial charge is 0.119 e. The summed E-state index contributed by atoms with van der Waals surface area (Å²) in [4.78, 5) is 5.19. The Bertz CT molecular complexity index is 1040. The van der Waals surface area contributed by atoms with Crippen molar-refractivity contribution in [1.29, 1.82) is 0 Å². The number of piperidine rings is 2. The zero-order chi connectivity index (χ0) is 21.9. The third-order valence-electron chi connectivity index (χ3n) is 7.33. The average Bonchev–Trinajstić information content (AvgIpc) is 3.32. The molecule has 0 radical (unpaired) electrons. The number of benzene rings is 2. The Morgan fingerprint density at radius 1 is 1.06 bits per heavy atom. The van der Waals surface area contributed by atoms with Crippen molar-refractivity contribution >= 4 is 10.8 Å². The Morgan fingerprint density at radius 3 is 2.69 bits per heavy atom. The maximum atomic E-state index is 9.55. The van der Waals surface area contributed by atoms with Crippen LogP contribution in [0.15, 0.2) is 42.6 Å². The number of rotatable bonds is 6. The number of ether oxygens (including phenoxy) is 1. The van der Waals surface area contributed by atoms with E-state index in [-0.39, 0.29) is 0 Å². The van der Waals surface area contributed by atoms with Gasteiger partial charge in [-0.3, -0.25) is 14.9 Å². The van der Waals surface area contributed by atoms with Gasteiger partial charge >= 0.3 is 0 Å². The van der Waals surface area contributed by atoms with Crippen LogP contribution in [0.2, 0.25) is 0 Å². The molecule has 3 heterocycles. The van der Waals surface area contributed by atoms with E-state index < -0.39 is 0 Å². The van der Waals surface area contributed by atoms with Gasteiger partial charge in [0, 0.05) is 36.9 Å². The second-order valence-electron chi connectivity index (χ2n) is 9.39. The fraction of sp³-hybridized carbons (Fsp3) is 0.500.